The zero-order valence-electron chi connectivity index (χ0n) is 15.2. The van der Waals surface area contributed by atoms with Crippen molar-refractivity contribution in [2.24, 2.45) is 10.8 Å². The molecule has 9 heteroatoms. The van der Waals surface area contributed by atoms with Crippen molar-refractivity contribution in [2.45, 2.75) is 72.6 Å². The van der Waals surface area contributed by atoms with Crippen LogP contribution in [0.5, 0.6) is 0 Å². The highest BCUT2D eigenvalue weighted by atomic mass is 19.4. The third kappa shape index (κ3) is 5.28. The Balaban J connectivity index is 4.96. The predicted octanol–water partition coefficient (Wildman–Crippen LogP) is 4.51. The summed E-state index contributed by atoms with van der Waals surface area (Å²) in [4.78, 5) is 24.0. The number of hydrogen-bond donors (Lipinski definition) is 0. The molecule has 0 heterocycles. The average Bonchev–Trinajstić information content (AvgIpc) is 2.49. The Bertz CT molecular complexity index is 487. The van der Waals surface area contributed by atoms with Gasteiger partial charge >= 0.3 is 24.0 Å². The molecule has 2 atom stereocenters. The Morgan fingerprint density at radius 1 is 0.960 bits per heavy atom. The van der Waals surface area contributed by atoms with Crippen molar-refractivity contribution in [3.8, 4) is 0 Å². The Morgan fingerprint density at radius 2 is 1.44 bits per heavy atom. The van der Waals surface area contributed by atoms with Crippen LogP contribution >= 0.6 is 0 Å². The maximum Gasteiger partial charge on any atom is 0.456 e. The average molecular weight is 376 g/mol. The number of alkyl halides is 5. The molecule has 0 saturated carbocycles. The lowest BCUT2D eigenvalue weighted by Gasteiger charge is -2.41. The minimum absolute atomic E-state index is 0.389. The zero-order valence-corrected chi connectivity index (χ0v) is 15.2. The summed E-state index contributed by atoms with van der Waals surface area (Å²) in [6.07, 6.45) is -6.42. The van der Waals surface area contributed by atoms with Crippen LogP contribution < -0.4 is 0 Å². The van der Waals surface area contributed by atoms with Crippen LogP contribution in [0.3, 0.4) is 0 Å². The largest absolute Gasteiger partial charge is 0.456 e. The molecule has 0 amide bonds. The number of rotatable bonds is 8. The van der Waals surface area contributed by atoms with Crippen LogP contribution in [0.4, 0.5) is 22.0 Å². The summed E-state index contributed by atoms with van der Waals surface area (Å²) in [6, 6.07) is 0. The molecule has 0 aliphatic heterocycles. The first-order valence-electron chi connectivity index (χ1n) is 7.88. The number of esters is 2. The highest BCUT2D eigenvalue weighted by Gasteiger charge is 2.58. The fourth-order valence-corrected chi connectivity index (χ4v) is 1.99. The lowest BCUT2D eigenvalue weighted by molar-refractivity contribution is -0.294. The first-order valence-corrected chi connectivity index (χ1v) is 7.88. The van der Waals surface area contributed by atoms with Gasteiger partial charge in [-0.05, 0) is 32.1 Å². The van der Waals surface area contributed by atoms with Gasteiger partial charge in [0.2, 0.25) is 0 Å². The van der Waals surface area contributed by atoms with Crippen LogP contribution in [0.1, 0.15) is 54.4 Å². The Morgan fingerprint density at radius 3 is 1.80 bits per heavy atom. The molecule has 0 spiro atoms. The minimum atomic E-state index is -5.83. The molecule has 0 aliphatic rings. The van der Waals surface area contributed by atoms with Gasteiger partial charge in [0, 0.05) is 0 Å². The number of carbonyl (C=O) groups is 2. The number of carbonyl (C=O) groups excluding carboxylic acids is 2. The molecule has 0 aliphatic carbocycles. The molecule has 0 bridgehead atoms. The van der Waals surface area contributed by atoms with Gasteiger partial charge in [0.15, 0.2) is 12.7 Å². The van der Waals surface area contributed by atoms with E-state index in [1.54, 1.807) is 13.8 Å². The van der Waals surface area contributed by atoms with Gasteiger partial charge in [-0.1, -0.05) is 27.7 Å². The molecule has 0 aromatic carbocycles. The standard InChI is InChI=1S/C16H25F5O4/c1-7-13(4,5)14(6,8-2)12(23)25-10(3)11(22)24-9-15(17,18)16(19,20)21/h10H,7-9H2,1-6H3. The molecule has 0 rings (SSSR count). The first-order chi connectivity index (χ1) is 11.1. The molecule has 0 saturated heterocycles. The van der Waals surface area contributed by atoms with Gasteiger partial charge in [0.1, 0.15) is 0 Å². The van der Waals surface area contributed by atoms with Gasteiger partial charge in [-0.3, -0.25) is 4.79 Å². The van der Waals surface area contributed by atoms with Crippen LogP contribution in [0.2, 0.25) is 0 Å². The Labute approximate surface area is 144 Å². The van der Waals surface area contributed by atoms with Crippen molar-refractivity contribution in [1.29, 1.82) is 0 Å². The predicted molar refractivity (Wildman–Crippen MR) is 80.0 cm³/mol. The second-order valence-corrected chi connectivity index (χ2v) is 6.78. The van der Waals surface area contributed by atoms with Gasteiger partial charge in [0.25, 0.3) is 0 Å². The van der Waals surface area contributed by atoms with E-state index >= 15 is 0 Å². The molecule has 0 N–H and O–H groups in total. The summed E-state index contributed by atoms with van der Waals surface area (Å²) in [5.41, 5.74) is -1.45. The minimum Gasteiger partial charge on any atom is -0.456 e. The second kappa shape index (κ2) is 7.86. The lowest BCUT2D eigenvalue weighted by Crippen LogP contribution is -2.45. The van der Waals surface area contributed by atoms with Gasteiger partial charge in [-0.15, -0.1) is 0 Å². The van der Waals surface area contributed by atoms with E-state index in [2.05, 4.69) is 4.74 Å². The van der Waals surface area contributed by atoms with Crippen LogP contribution in [0.15, 0.2) is 0 Å². The SMILES string of the molecule is CCC(C)(C)C(C)(CC)C(=O)OC(C)C(=O)OCC(F)(F)C(F)(F)F. The van der Waals surface area contributed by atoms with Gasteiger partial charge in [0.05, 0.1) is 5.41 Å². The molecule has 25 heavy (non-hydrogen) atoms. The second-order valence-electron chi connectivity index (χ2n) is 6.78. The zero-order chi connectivity index (χ0) is 20.3. The highest BCUT2D eigenvalue weighted by molar-refractivity contribution is 5.82. The molecule has 4 nitrogen and oxygen atoms in total. The van der Waals surface area contributed by atoms with Gasteiger partial charge in [-0.25, -0.2) is 4.79 Å². The third-order valence-corrected chi connectivity index (χ3v) is 4.96. The summed E-state index contributed by atoms with van der Waals surface area (Å²) < 4.78 is 70.6. The van der Waals surface area contributed by atoms with E-state index in [9.17, 15) is 31.5 Å². The monoisotopic (exact) mass is 376 g/mol. The number of hydrogen-bond acceptors (Lipinski definition) is 4. The van der Waals surface area contributed by atoms with E-state index < -0.39 is 47.6 Å². The van der Waals surface area contributed by atoms with Crippen LogP contribution in [-0.2, 0) is 19.1 Å². The van der Waals surface area contributed by atoms with Crippen LogP contribution in [-0.4, -0.2) is 36.7 Å². The molecule has 2 unspecified atom stereocenters. The van der Waals surface area contributed by atoms with Crippen LogP contribution in [0.25, 0.3) is 0 Å². The molecule has 0 radical (unpaired) electrons. The summed E-state index contributed by atoms with van der Waals surface area (Å²) in [5.74, 6) is -7.38. The smallest absolute Gasteiger partial charge is 0.456 e. The first kappa shape index (κ1) is 23.6. The summed E-state index contributed by atoms with van der Waals surface area (Å²) in [6.45, 7) is 7.84. The summed E-state index contributed by atoms with van der Waals surface area (Å²) in [5, 5.41) is 0. The van der Waals surface area contributed by atoms with Gasteiger partial charge < -0.3 is 9.47 Å². The molecule has 0 fully saturated rings. The third-order valence-electron chi connectivity index (χ3n) is 4.96. The lowest BCUT2D eigenvalue weighted by atomic mass is 9.63. The Kier molecular flexibility index (Phi) is 7.42. The Hall–Kier alpha value is -1.41. The van der Waals surface area contributed by atoms with Crippen molar-refractivity contribution >= 4 is 11.9 Å². The summed E-state index contributed by atoms with van der Waals surface area (Å²) >= 11 is 0. The van der Waals surface area contributed by atoms with E-state index in [0.29, 0.717) is 12.8 Å². The van der Waals surface area contributed by atoms with Crippen molar-refractivity contribution in [3.63, 3.8) is 0 Å². The quantitative estimate of drug-likeness (QED) is 0.462. The molecular weight excluding hydrogens is 351 g/mol. The van der Waals surface area contributed by atoms with E-state index in [4.69, 9.17) is 4.74 Å². The fourth-order valence-electron chi connectivity index (χ4n) is 1.99. The van der Waals surface area contributed by atoms with Crippen molar-refractivity contribution in [2.75, 3.05) is 6.61 Å². The summed E-state index contributed by atoms with van der Waals surface area (Å²) in [7, 11) is 0. The number of ether oxygens (including phenoxy) is 2. The topological polar surface area (TPSA) is 52.6 Å². The van der Waals surface area contributed by atoms with E-state index in [0.717, 1.165) is 6.92 Å². The maximum atomic E-state index is 12.8. The molecule has 0 aromatic heterocycles. The van der Waals surface area contributed by atoms with Crippen molar-refractivity contribution < 1.29 is 41.0 Å². The van der Waals surface area contributed by atoms with Gasteiger partial charge in [-0.2, -0.15) is 22.0 Å². The molecule has 0 aromatic rings. The molecule has 148 valence electrons. The van der Waals surface area contributed by atoms with E-state index in [-0.39, 0.29) is 0 Å². The number of halogens is 5. The van der Waals surface area contributed by atoms with Crippen LogP contribution in [0, 0.1) is 10.8 Å². The highest BCUT2D eigenvalue weighted by Crippen LogP contribution is 2.45. The van der Waals surface area contributed by atoms with E-state index in [1.807, 2.05) is 20.8 Å². The normalized spacial score (nSPS) is 16.8. The maximum absolute atomic E-state index is 12.8. The van der Waals surface area contributed by atoms with E-state index in [1.165, 1.54) is 0 Å². The molecular formula is C16H25F5O4. The fraction of sp³-hybridized carbons (Fsp3) is 0.875. The van der Waals surface area contributed by atoms with Crippen molar-refractivity contribution in [1.82, 2.24) is 0 Å². The van der Waals surface area contributed by atoms with Crippen molar-refractivity contribution in [3.05, 3.63) is 0 Å².